The van der Waals surface area contributed by atoms with Crippen LogP contribution >= 0.6 is 0 Å². The lowest BCUT2D eigenvalue weighted by Gasteiger charge is -2.11. The second kappa shape index (κ2) is 4.79. The summed E-state index contributed by atoms with van der Waals surface area (Å²) in [6.45, 7) is 0.542. The van der Waals surface area contributed by atoms with Gasteiger partial charge in [0.2, 0.25) is 0 Å². The summed E-state index contributed by atoms with van der Waals surface area (Å²) in [5, 5.41) is 7.20. The highest BCUT2D eigenvalue weighted by Gasteiger charge is 2.08. The highest BCUT2D eigenvalue weighted by atomic mass is 16.1. The van der Waals surface area contributed by atoms with E-state index in [0.29, 0.717) is 23.5 Å². The molecule has 18 heavy (non-hydrogen) atoms. The maximum absolute atomic E-state index is 11.3. The predicted molar refractivity (Wildman–Crippen MR) is 69.9 cm³/mol. The first kappa shape index (κ1) is 12.0. The van der Waals surface area contributed by atoms with E-state index in [1.54, 1.807) is 29.1 Å². The van der Waals surface area contributed by atoms with Gasteiger partial charge in [-0.1, -0.05) is 0 Å². The molecule has 2 aromatic rings. The average Bonchev–Trinajstić information content (AvgIpc) is 2.72. The van der Waals surface area contributed by atoms with E-state index in [0.717, 1.165) is 5.69 Å². The van der Waals surface area contributed by atoms with E-state index < -0.39 is 5.91 Å². The topological polar surface area (TPSA) is 99.0 Å². The number of anilines is 2. The van der Waals surface area contributed by atoms with Gasteiger partial charge >= 0.3 is 0 Å². The number of hydrogen-bond acceptors (Lipinski definition) is 4. The van der Waals surface area contributed by atoms with Crippen LogP contribution in [-0.4, -0.2) is 15.7 Å². The van der Waals surface area contributed by atoms with E-state index in [2.05, 4.69) is 10.4 Å². The van der Waals surface area contributed by atoms with Crippen LogP contribution in [0.25, 0.3) is 0 Å². The van der Waals surface area contributed by atoms with Crippen molar-refractivity contribution in [1.82, 2.24) is 9.78 Å². The van der Waals surface area contributed by atoms with Crippen molar-refractivity contribution in [2.45, 2.75) is 6.54 Å². The number of nitrogens with two attached hydrogens (primary N) is 2. The van der Waals surface area contributed by atoms with Crippen LogP contribution in [0.2, 0.25) is 0 Å². The molecule has 5 N–H and O–H groups in total. The fraction of sp³-hybridized carbons (Fsp3) is 0.167. The predicted octanol–water partition coefficient (Wildman–Crippen LogP) is 0.713. The van der Waals surface area contributed by atoms with Crippen LogP contribution in [0.3, 0.4) is 0 Å². The molecule has 6 heteroatoms. The summed E-state index contributed by atoms with van der Waals surface area (Å²) < 4.78 is 1.75. The number of aryl methyl sites for hydroxylation is 1. The van der Waals surface area contributed by atoms with Gasteiger partial charge in [0.05, 0.1) is 17.8 Å². The molecule has 0 saturated heterocycles. The zero-order valence-electron chi connectivity index (χ0n) is 10.1. The van der Waals surface area contributed by atoms with Gasteiger partial charge in [-0.25, -0.2) is 0 Å². The number of hydrogen-bond donors (Lipinski definition) is 3. The summed E-state index contributed by atoms with van der Waals surface area (Å²) in [5.74, 6) is -0.484. The van der Waals surface area contributed by atoms with E-state index in [1.165, 1.54) is 0 Å². The van der Waals surface area contributed by atoms with Crippen LogP contribution in [-0.2, 0) is 13.6 Å². The number of carbonyl (C=O) groups is 1. The van der Waals surface area contributed by atoms with Crippen molar-refractivity contribution in [3.63, 3.8) is 0 Å². The molecule has 6 nitrogen and oxygen atoms in total. The van der Waals surface area contributed by atoms with Crippen molar-refractivity contribution in [3.05, 3.63) is 41.7 Å². The van der Waals surface area contributed by atoms with Gasteiger partial charge < -0.3 is 16.8 Å². The first-order chi connectivity index (χ1) is 8.58. The Bertz CT molecular complexity index is 576. The zero-order valence-corrected chi connectivity index (χ0v) is 10.1. The molecule has 1 aromatic carbocycles. The molecule has 0 aliphatic carbocycles. The molecule has 0 aliphatic rings. The molecular formula is C12H15N5O. The second-order valence-corrected chi connectivity index (χ2v) is 3.97. The SMILES string of the molecule is Cn1nccc1CNc1cc(N)ccc1C(N)=O. The number of nitrogen functional groups attached to an aromatic ring is 1. The van der Waals surface area contributed by atoms with Crippen LogP contribution in [0, 0.1) is 0 Å². The summed E-state index contributed by atoms with van der Waals surface area (Å²) in [6.07, 6.45) is 1.71. The lowest BCUT2D eigenvalue weighted by Crippen LogP contribution is -2.15. The molecular weight excluding hydrogens is 230 g/mol. The molecule has 0 bridgehead atoms. The molecule has 0 atom stereocenters. The Kier molecular flexibility index (Phi) is 3.18. The Hall–Kier alpha value is -2.50. The second-order valence-electron chi connectivity index (χ2n) is 3.97. The number of primary amides is 1. The Balaban J connectivity index is 2.20. The number of aromatic nitrogens is 2. The molecule has 0 unspecified atom stereocenters. The van der Waals surface area contributed by atoms with E-state index in [9.17, 15) is 4.79 Å². The lowest BCUT2D eigenvalue weighted by molar-refractivity contribution is 0.100. The van der Waals surface area contributed by atoms with Gasteiger partial charge in [0.1, 0.15) is 0 Å². The first-order valence-corrected chi connectivity index (χ1v) is 5.48. The lowest BCUT2D eigenvalue weighted by atomic mass is 10.1. The third-order valence-corrected chi connectivity index (χ3v) is 2.69. The van der Waals surface area contributed by atoms with Gasteiger partial charge in [0.25, 0.3) is 5.91 Å². The average molecular weight is 245 g/mol. The molecule has 0 fully saturated rings. The maximum Gasteiger partial charge on any atom is 0.250 e. The van der Waals surface area contributed by atoms with E-state index in [1.807, 2.05) is 13.1 Å². The Morgan fingerprint density at radius 1 is 1.44 bits per heavy atom. The summed E-state index contributed by atoms with van der Waals surface area (Å²) in [7, 11) is 1.85. The van der Waals surface area contributed by atoms with Crippen LogP contribution in [0.5, 0.6) is 0 Å². The number of rotatable bonds is 4. The van der Waals surface area contributed by atoms with Gasteiger partial charge in [-0.2, -0.15) is 5.10 Å². The third-order valence-electron chi connectivity index (χ3n) is 2.69. The first-order valence-electron chi connectivity index (χ1n) is 5.48. The molecule has 1 heterocycles. The number of carbonyl (C=O) groups excluding carboxylic acids is 1. The molecule has 0 saturated carbocycles. The Labute approximate surface area is 105 Å². The van der Waals surface area contributed by atoms with Crippen molar-refractivity contribution < 1.29 is 4.79 Å². The van der Waals surface area contributed by atoms with Gasteiger partial charge in [-0.15, -0.1) is 0 Å². The minimum atomic E-state index is -0.484. The Morgan fingerprint density at radius 3 is 2.83 bits per heavy atom. The summed E-state index contributed by atoms with van der Waals surface area (Å²) in [5.41, 5.74) is 13.6. The normalized spacial score (nSPS) is 10.3. The summed E-state index contributed by atoms with van der Waals surface area (Å²) in [6, 6.07) is 6.85. The van der Waals surface area contributed by atoms with Gasteiger partial charge in [-0.05, 0) is 24.3 Å². The minimum Gasteiger partial charge on any atom is -0.399 e. The fourth-order valence-corrected chi connectivity index (χ4v) is 1.68. The highest BCUT2D eigenvalue weighted by Crippen LogP contribution is 2.19. The highest BCUT2D eigenvalue weighted by molar-refractivity contribution is 5.99. The van der Waals surface area contributed by atoms with Gasteiger partial charge in [0.15, 0.2) is 0 Å². The largest absolute Gasteiger partial charge is 0.399 e. The smallest absolute Gasteiger partial charge is 0.250 e. The van der Waals surface area contributed by atoms with E-state index >= 15 is 0 Å². The minimum absolute atomic E-state index is 0.423. The molecule has 0 aliphatic heterocycles. The van der Waals surface area contributed by atoms with Crippen molar-refractivity contribution in [1.29, 1.82) is 0 Å². The van der Waals surface area contributed by atoms with Crippen molar-refractivity contribution in [3.8, 4) is 0 Å². The van der Waals surface area contributed by atoms with Gasteiger partial charge in [-0.3, -0.25) is 9.48 Å². The van der Waals surface area contributed by atoms with E-state index in [-0.39, 0.29) is 0 Å². The van der Waals surface area contributed by atoms with Gasteiger partial charge in [0, 0.05) is 24.6 Å². The van der Waals surface area contributed by atoms with Crippen molar-refractivity contribution in [2.75, 3.05) is 11.1 Å². The quantitative estimate of drug-likeness (QED) is 0.691. The monoisotopic (exact) mass is 245 g/mol. The molecule has 2 rings (SSSR count). The Morgan fingerprint density at radius 2 is 2.22 bits per heavy atom. The maximum atomic E-state index is 11.3. The third kappa shape index (κ3) is 2.42. The van der Waals surface area contributed by atoms with E-state index in [4.69, 9.17) is 11.5 Å². The standard InChI is InChI=1S/C12H15N5O/c1-17-9(4-5-16-17)7-15-11-6-8(13)2-3-10(11)12(14)18/h2-6,15H,7,13H2,1H3,(H2,14,18). The number of nitrogens with one attached hydrogen (secondary N) is 1. The van der Waals surface area contributed by atoms with Crippen molar-refractivity contribution in [2.24, 2.45) is 12.8 Å². The molecule has 0 spiro atoms. The summed E-state index contributed by atoms with van der Waals surface area (Å²) >= 11 is 0. The zero-order chi connectivity index (χ0) is 13.1. The summed E-state index contributed by atoms with van der Waals surface area (Å²) in [4.78, 5) is 11.3. The molecule has 0 radical (unpaired) electrons. The molecule has 1 aromatic heterocycles. The van der Waals surface area contributed by atoms with Crippen LogP contribution in [0.15, 0.2) is 30.5 Å². The van der Waals surface area contributed by atoms with Crippen LogP contribution in [0.4, 0.5) is 11.4 Å². The number of benzene rings is 1. The van der Waals surface area contributed by atoms with Crippen LogP contribution < -0.4 is 16.8 Å². The molecule has 94 valence electrons. The number of amides is 1. The van der Waals surface area contributed by atoms with Crippen LogP contribution in [0.1, 0.15) is 16.1 Å². The molecule has 1 amide bonds. The van der Waals surface area contributed by atoms with Crippen molar-refractivity contribution >= 4 is 17.3 Å². The number of nitrogens with zero attached hydrogens (tertiary/aromatic N) is 2. The fourth-order valence-electron chi connectivity index (χ4n) is 1.68.